The van der Waals surface area contributed by atoms with Crippen LogP contribution in [0.15, 0.2) is 30.6 Å². The maximum atomic E-state index is 11.7. The van der Waals surface area contributed by atoms with Crippen LogP contribution in [0.5, 0.6) is 0 Å². The molecule has 25 heavy (non-hydrogen) atoms. The van der Waals surface area contributed by atoms with Crippen molar-refractivity contribution in [3.05, 3.63) is 36.3 Å². The van der Waals surface area contributed by atoms with Crippen molar-refractivity contribution in [2.24, 2.45) is 0 Å². The largest absolute Gasteiger partial charge is 0.388 e. The highest BCUT2D eigenvalue weighted by atomic mass is 16.3. The number of nitrogens with zero attached hydrogens (tertiary/aromatic N) is 4. The molecule has 0 aliphatic carbocycles. The van der Waals surface area contributed by atoms with Gasteiger partial charge in [-0.15, -0.1) is 0 Å². The smallest absolute Gasteiger partial charge is 0.222 e. The molecular formula is C18H23N5O2. The molecule has 7 nitrogen and oxygen atoms in total. The molecule has 1 amide bonds. The highest BCUT2D eigenvalue weighted by Crippen LogP contribution is 2.28. The first kappa shape index (κ1) is 17.3. The molecule has 7 heteroatoms. The normalized spacial score (nSPS) is 20.4. The van der Waals surface area contributed by atoms with Crippen molar-refractivity contribution in [3.8, 4) is 11.4 Å². The van der Waals surface area contributed by atoms with Gasteiger partial charge in [0, 0.05) is 49.9 Å². The van der Waals surface area contributed by atoms with Crippen LogP contribution < -0.4 is 10.2 Å². The van der Waals surface area contributed by atoms with Gasteiger partial charge < -0.3 is 15.3 Å². The summed E-state index contributed by atoms with van der Waals surface area (Å²) in [5.74, 6) is 1.23. The maximum absolute atomic E-state index is 11.7. The Labute approximate surface area is 147 Å². The standard InChI is InChI=1S/C18H23N5O2/c1-13-9-15(22-17(21-13)14-5-3-7-20-11-14)23-8-4-6-18(25,12-23)10-16(24)19-2/h3,5,7,9,11,25H,4,6,8,10,12H2,1-2H3,(H,19,24). The zero-order chi connectivity index (χ0) is 17.9. The number of aliphatic hydroxyl groups is 1. The topological polar surface area (TPSA) is 91.2 Å². The van der Waals surface area contributed by atoms with Crippen molar-refractivity contribution in [3.63, 3.8) is 0 Å². The summed E-state index contributed by atoms with van der Waals surface area (Å²) in [4.78, 5) is 27.0. The van der Waals surface area contributed by atoms with Crippen LogP contribution in [0.4, 0.5) is 5.82 Å². The number of rotatable bonds is 4. The van der Waals surface area contributed by atoms with E-state index in [1.807, 2.05) is 30.0 Å². The molecule has 1 unspecified atom stereocenters. The molecule has 3 rings (SSSR count). The summed E-state index contributed by atoms with van der Waals surface area (Å²) in [6.07, 6.45) is 4.95. The number of piperidine rings is 1. The second-order valence-electron chi connectivity index (χ2n) is 6.53. The number of hydrogen-bond acceptors (Lipinski definition) is 6. The number of carbonyl (C=O) groups excluding carboxylic acids is 1. The van der Waals surface area contributed by atoms with Crippen LogP contribution in [-0.2, 0) is 4.79 Å². The Kier molecular flexibility index (Phi) is 4.94. The molecule has 3 heterocycles. The van der Waals surface area contributed by atoms with E-state index in [1.165, 1.54) is 0 Å². The van der Waals surface area contributed by atoms with E-state index in [-0.39, 0.29) is 12.3 Å². The first-order chi connectivity index (χ1) is 12.0. The third-order valence-electron chi connectivity index (χ3n) is 4.41. The molecule has 0 saturated carbocycles. The van der Waals surface area contributed by atoms with E-state index in [1.54, 1.807) is 19.4 Å². The van der Waals surface area contributed by atoms with Gasteiger partial charge in [-0.05, 0) is 31.9 Å². The Morgan fingerprint density at radius 2 is 2.28 bits per heavy atom. The number of anilines is 1. The molecule has 1 atom stereocenters. The Bertz CT molecular complexity index is 752. The number of aryl methyl sites for hydroxylation is 1. The molecule has 0 spiro atoms. The monoisotopic (exact) mass is 341 g/mol. The summed E-state index contributed by atoms with van der Waals surface area (Å²) in [6.45, 7) is 3.09. The number of β-amino-alcohol motifs (C(OH)–C–C–N with tert-alkyl or cyclic N) is 1. The summed E-state index contributed by atoms with van der Waals surface area (Å²) < 4.78 is 0. The van der Waals surface area contributed by atoms with Crippen LogP contribution in [-0.4, -0.2) is 51.7 Å². The van der Waals surface area contributed by atoms with E-state index in [0.717, 1.165) is 30.0 Å². The molecular weight excluding hydrogens is 318 g/mol. The molecule has 1 aliphatic rings. The lowest BCUT2D eigenvalue weighted by Crippen LogP contribution is -2.50. The molecule has 1 aliphatic heterocycles. The predicted octanol–water partition coefficient (Wildman–Crippen LogP) is 1.31. The molecule has 2 N–H and O–H groups in total. The van der Waals surface area contributed by atoms with Crippen LogP contribution in [0.3, 0.4) is 0 Å². The van der Waals surface area contributed by atoms with Crippen molar-refractivity contribution in [2.75, 3.05) is 25.0 Å². The molecule has 0 bridgehead atoms. The summed E-state index contributed by atoms with van der Waals surface area (Å²) in [6, 6.07) is 5.68. The molecule has 0 radical (unpaired) electrons. The molecule has 1 saturated heterocycles. The van der Waals surface area contributed by atoms with Gasteiger partial charge in [0.05, 0.1) is 12.0 Å². The molecule has 2 aromatic heterocycles. The van der Waals surface area contributed by atoms with Gasteiger partial charge in [0.25, 0.3) is 0 Å². The van der Waals surface area contributed by atoms with E-state index >= 15 is 0 Å². The summed E-state index contributed by atoms with van der Waals surface area (Å²) in [7, 11) is 1.58. The Balaban J connectivity index is 1.86. The SMILES string of the molecule is CNC(=O)CC1(O)CCCN(c2cc(C)nc(-c3cccnc3)n2)C1. The van der Waals surface area contributed by atoms with Crippen molar-refractivity contribution in [2.45, 2.75) is 31.8 Å². The minimum Gasteiger partial charge on any atom is -0.388 e. The first-order valence-corrected chi connectivity index (χ1v) is 8.43. The fraction of sp³-hybridized carbons (Fsp3) is 0.444. The van der Waals surface area contributed by atoms with Crippen LogP contribution in [0.1, 0.15) is 25.0 Å². The number of hydrogen-bond donors (Lipinski definition) is 2. The van der Waals surface area contributed by atoms with Gasteiger partial charge in [0.15, 0.2) is 5.82 Å². The Morgan fingerprint density at radius 3 is 3.00 bits per heavy atom. The minimum atomic E-state index is -1.04. The fourth-order valence-corrected chi connectivity index (χ4v) is 3.18. The van der Waals surface area contributed by atoms with E-state index < -0.39 is 5.60 Å². The van der Waals surface area contributed by atoms with E-state index in [4.69, 9.17) is 0 Å². The average Bonchev–Trinajstić information content (AvgIpc) is 2.61. The number of carbonyl (C=O) groups is 1. The second-order valence-corrected chi connectivity index (χ2v) is 6.53. The predicted molar refractivity (Wildman–Crippen MR) is 95.1 cm³/mol. The van der Waals surface area contributed by atoms with Gasteiger partial charge in [-0.3, -0.25) is 9.78 Å². The highest BCUT2D eigenvalue weighted by Gasteiger charge is 2.35. The maximum Gasteiger partial charge on any atom is 0.222 e. The molecule has 2 aromatic rings. The Hall–Kier alpha value is -2.54. The third-order valence-corrected chi connectivity index (χ3v) is 4.41. The zero-order valence-electron chi connectivity index (χ0n) is 14.6. The van der Waals surface area contributed by atoms with E-state index in [9.17, 15) is 9.90 Å². The number of nitrogens with one attached hydrogen (secondary N) is 1. The van der Waals surface area contributed by atoms with Gasteiger partial charge in [0.1, 0.15) is 5.82 Å². The van der Waals surface area contributed by atoms with Crippen molar-refractivity contribution < 1.29 is 9.90 Å². The van der Waals surface area contributed by atoms with Gasteiger partial charge in [-0.2, -0.15) is 0 Å². The van der Waals surface area contributed by atoms with Crippen LogP contribution in [0, 0.1) is 6.92 Å². The second kappa shape index (κ2) is 7.14. The molecule has 132 valence electrons. The lowest BCUT2D eigenvalue weighted by Gasteiger charge is -2.39. The number of amides is 1. The summed E-state index contributed by atoms with van der Waals surface area (Å²) in [5, 5.41) is 13.4. The van der Waals surface area contributed by atoms with E-state index in [2.05, 4.69) is 20.3 Å². The molecule has 0 aromatic carbocycles. The van der Waals surface area contributed by atoms with Crippen molar-refractivity contribution in [1.29, 1.82) is 0 Å². The van der Waals surface area contributed by atoms with Crippen LogP contribution >= 0.6 is 0 Å². The summed E-state index contributed by atoms with van der Waals surface area (Å²) in [5.41, 5.74) is 0.667. The van der Waals surface area contributed by atoms with E-state index in [0.29, 0.717) is 18.8 Å². The highest BCUT2D eigenvalue weighted by molar-refractivity contribution is 5.76. The van der Waals surface area contributed by atoms with Gasteiger partial charge in [-0.1, -0.05) is 0 Å². The van der Waals surface area contributed by atoms with Gasteiger partial charge in [-0.25, -0.2) is 9.97 Å². The van der Waals surface area contributed by atoms with Crippen LogP contribution in [0.25, 0.3) is 11.4 Å². The Morgan fingerprint density at radius 1 is 1.44 bits per heavy atom. The van der Waals surface area contributed by atoms with Gasteiger partial charge >= 0.3 is 0 Å². The van der Waals surface area contributed by atoms with Gasteiger partial charge in [0.2, 0.25) is 5.91 Å². The van der Waals surface area contributed by atoms with Crippen LogP contribution in [0.2, 0.25) is 0 Å². The van der Waals surface area contributed by atoms with Crippen molar-refractivity contribution >= 4 is 11.7 Å². The number of aromatic nitrogens is 3. The quantitative estimate of drug-likeness (QED) is 0.871. The lowest BCUT2D eigenvalue weighted by atomic mass is 9.89. The summed E-state index contributed by atoms with van der Waals surface area (Å²) >= 11 is 0. The third kappa shape index (κ3) is 4.11. The molecule has 1 fully saturated rings. The lowest BCUT2D eigenvalue weighted by molar-refractivity contribution is -0.125. The first-order valence-electron chi connectivity index (χ1n) is 8.43. The minimum absolute atomic E-state index is 0.0968. The fourth-order valence-electron chi connectivity index (χ4n) is 3.18. The zero-order valence-corrected chi connectivity index (χ0v) is 14.6. The average molecular weight is 341 g/mol. The number of pyridine rings is 1. The van der Waals surface area contributed by atoms with Crippen molar-refractivity contribution in [1.82, 2.24) is 20.3 Å².